The Labute approximate surface area is 196 Å². The number of aryl methyl sites for hydroxylation is 1. The van der Waals surface area contributed by atoms with Gasteiger partial charge in [-0.05, 0) is 45.4 Å². The van der Waals surface area contributed by atoms with E-state index in [1.165, 1.54) is 0 Å². The first kappa shape index (κ1) is 24.4. The van der Waals surface area contributed by atoms with Crippen LogP contribution < -0.4 is 0 Å². The Morgan fingerprint density at radius 1 is 1.03 bits per heavy atom. The summed E-state index contributed by atoms with van der Waals surface area (Å²) in [5, 5.41) is 18.2. The fourth-order valence-electron chi connectivity index (χ4n) is 3.75. The highest BCUT2D eigenvalue weighted by Gasteiger charge is 2.33. The predicted molar refractivity (Wildman–Crippen MR) is 130 cm³/mol. The first-order valence-electron chi connectivity index (χ1n) is 11.3. The number of nitrogens with zero attached hydrogens (tertiary/aromatic N) is 3. The molecule has 1 fully saturated rings. The molecule has 2 atom stereocenters. The van der Waals surface area contributed by atoms with Gasteiger partial charge in [0.1, 0.15) is 6.10 Å². The molecule has 0 saturated carbocycles. The lowest BCUT2D eigenvalue weighted by atomic mass is 9.97. The molecule has 0 bridgehead atoms. The van der Waals surface area contributed by atoms with Crippen LogP contribution in [0.2, 0.25) is 0 Å². The third-order valence-corrected chi connectivity index (χ3v) is 5.54. The van der Waals surface area contributed by atoms with E-state index in [1.807, 2.05) is 86.6 Å². The van der Waals surface area contributed by atoms with E-state index in [9.17, 15) is 9.90 Å². The molecule has 0 aliphatic carbocycles. The lowest BCUT2D eigenvalue weighted by molar-refractivity contribution is -0.0309. The van der Waals surface area contributed by atoms with Gasteiger partial charge in [0.15, 0.2) is 0 Å². The fourth-order valence-corrected chi connectivity index (χ4v) is 3.75. The van der Waals surface area contributed by atoms with Crippen molar-refractivity contribution in [2.24, 2.45) is 0 Å². The topological polar surface area (TPSA) is 75.6 Å². The summed E-state index contributed by atoms with van der Waals surface area (Å²) in [6.07, 6.45) is 0.615. The average Bonchev–Trinajstić information content (AvgIpc) is 2.80. The summed E-state index contributed by atoms with van der Waals surface area (Å²) in [4.78, 5) is 14.2. The van der Waals surface area contributed by atoms with Gasteiger partial charge in [-0.15, -0.1) is 0 Å². The first-order valence-corrected chi connectivity index (χ1v) is 11.3. The number of cyclic esters (lactones) is 1. The third-order valence-electron chi connectivity index (χ3n) is 5.54. The maximum Gasteiger partial charge on any atom is 0.410 e. The minimum Gasteiger partial charge on any atom is -0.446 e. The van der Waals surface area contributed by atoms with Gasteiger partial charge in [-0.1, -0.05) is 60.7 Å². The molecule has 33 heavy (non-hydrogen) atoms. The normalized spacial score (nSPS) is 16.9. The van der Waals surface area contributed by atoms with Crippen molar-refractivity contribution in [3.63, 3.8) is 0 Å². The quantitative estimate of drug-likeness (QED) is 0.553. The Morgan fingerprint density at radius 2 is 1.64 bits per heavy atom. The average molecular weight is 448 g/mol. The van der Waals surface area contributed by atoms with E-state index >= 15 is 0 Å². The number of rotatable bonds is 5. The maximum atomic E-state index is 12.4. The van der Waals surface area contributed by atoms with Crippen LogP contribution in [0.1, 0.15) is 50.9 Å². The molecule has 0 spiro atoms. The van der Waals surface area contributed by atoms with E-state index in [1.54, 1.807) is 18.7 Å². The van der Waals surface area contributed by atoms with Crippen LogP contribution in [0.3, 0.4) is 0 Å². The molecule has 1 amide bonds. The molecule has 6 heteroatoms. The summed E-state index contributed by atoms with van der Waals surface area (Å²) >= 11 is 0. The second kappa shape index (κ2) is 11.1. The zero-order valence-corrected chi connectivity index (χ0v) is 19.8. The molecule has 3 aromatic rings. The number of hydrogen-bond donors (Lipinski definition) is 1. The summed E-state index contributed by atoms with van der Waals surface area (Å²) in [7, 11) is 0. The van der Waals surface area contributed by atoms with E-state index in [0.717, 1.165) is 28.9 Å². The highest BCUT2D eigenvalue weighted by molar-refractivity contribution is 5.69. The van der Waals surface area contributed by atoms with Crippen LogP contribution in [0.4, 0.5) is 4.79 Å². The molecule has 2 heterocycles. The van der Waals surface area contributed by atoms with Gasteiger partial charge in [-0.25, -0.2) is 4.79 Å². The number of aliphatic hydroxyl groups is 1. The highest BCUT2D eigenvalue weighted by Crippen LogP contribution is 2.29. The highest BCUT2D eigenvalue weighted by atomic mass is 16.6. The molecule has 2 aromatic carbocycles. The minimum atomic E-state index is -0.840. The smallest absolute Gasteiger partial charge is 0.410 e. The van der Waals surface area contributed by atoms with Crippen molar-refractivity contribution in [2.45, 2.75) is 58.3 Å². The second-order valence-corrected chi connectivity index (χ2v) is 9.02. The SMILES string of the molecule is Cc1ccc(-c2ccc(C(C)N3CCC(CC(C)(C)O)OC3=O)cc2)nn1.c1ccccc1. The van der Waals surface area contributed by atoms with Crippen LogP contribution in [-0.4, -0.2) is 44.5 Å². The number of benzene rings is 2. The molecule has 1 aliphatic heterocycles. The monoisotopic (exact) mass is 447 g/mol. The lowest BCUT2D eigenvalue weighted by Gasteiger charge is -2.37. The van der Waals surface area contributed by atoms with Crippen molar-refractivity contribution in [1.29, 1.82) is 0 Å². The standard InChI is InChI=1S/C21H27N3O3.C6H6/c1-14-5-10-19(23-22-14)17-8-6-16(7-9-17)15(2)24-12-11-18(27-20(24)25)13-21(3,4)26;1-2-4-6-5-3-1/h5-10,15,18,26H,11-13H2,1-4H3;1-6H. The van der Waals surface area contributed by atoms with Gasteiger partial charge in [0.25, 0.3) is 0 Å². The number of carbonyl (C=O) groups excluding carboxylic acids is 1. The van der Waals surface area contributed by atoms with Gasteiger partial charge >= 0.3 is 6.09 Å². The summed E-state index contributed by atoms with van der Waals surface area (Å²) in [6.45, 7) is 7.99. The Balaban J connectivity index is 0.000000442. The van der Waals surface area contributed by atoms with Crippen LogP contribution >= 0.6 is 0 Å². The minimum absolute atomic E-state index is 0.0845. The third kappa shape index (κ3) is 7.39. The largest absolute Gasteiger partial charge is 0.446 e. The summed E-state index contributed by atoms with van der Waals surface area (Å²) in [6, 6.07) is 23.8. The van der Waals surface area contributed by atoms with Crippen LogP contribution in [0.25, 0.3) is 11.3 Å². The van der Waals surface area contributed by atoms with E-state index in [4.69, 9.17) is 4.74 Å². The predicted octanol–water partition coefficient (Wildman–Crippen LogP) is 5.57. The van der Waals surface area contributed by atoms with Crippen molar-refractivity contribution in [1.82, 2.24) is 15.1 Å². The zero-order chi connectivity index (χ0) is 23.8. The molecule has 1 N–H and O–H groups in total. The first-order chi connectivity index (χ1) is 15.7. The fraction of sp³-hybridized carbons (Fsp3) is 0.370. The van der Waals surface area contributed by atoms with Gasteiger partial charge in [0.2, 0.25) is 0 Å². The van der Waals surface area contributed by atoms with E-state index in [-0.39, 0.29) is 18.2 Å². The van der Waals surface area contributed by atoms with Gasteiger partial charge in [-0.3, -0.25) is 0 Å². The Hall–Kier alpha value is -3.25. The zero-order valence-electron chi connectivity index (χ0n) is 19.8. The molecule has 0 radical (unpaired) electrons. The molecule has 1 aromatic heterocycles. The molecular formula is C27H33N3O3. The van der Waals surface area contributed by atoms with Crippen LogP contribution in [0, 0.1) is 6.92 Å². The Morgan fingerprint density at radius 3 is 2.12 bits per heavy atom. The molecule has 1 aliphatic rings. The number of ether oxygens (including phenoxy) is 1. The molecule has 6 nitrogen and oxygen atoms in total. The summed E-state index contributed by atoms with van der Waals surface area (Å²) < 4.78 is 5.53. The van der Waals surface area contributed by atoms with Crippen molar-refractivity contribution in [2.75, 3.05) is 6.54 Å². The van der Waals surface area contributed by atoms with Gasteiger partial charge < -0.3 is 14.7 Å². The van der Waals surface area contributed by atoms with Crippen LogP contribution in [0.15, 0.2) is 72.8 Å². The lowest BCUT2D eigenvalue weighted by Crippen LogP contribution is -2.45. The number of amides is 1. The van der Waals surface area contributed by atoms with Gasteiger partial charge in [-0.2, -0.15) is 10.2 Å². The van der Waals surface area contributed by atoms with E-state index in [0.29, 0.717) is 13.0 Å². The Bertz CT molecular complexity index is 973. The second-order valence-electron chi connectivity index (χ2n) is 9.02. The van der Waals surface area contributed by atoms with Crippen molar-refractivity contribution in [3.05, 3.63) is 84.1 Å². The molecule has 4 rings (SSSR count). The summed E-state index contributed by atoms with van der Waals surface area (Å²) in [5.41, 5.74) is 2.90. The molecule has 2 unspecified atom stereocenters. The molecule has 174 valence electrons. The van der Waals surface area contributed by atoms with Crippen molar-refractivity contribution in [3.8, 4) is 11.3 Å². The van der Waals surface area contributed by atoms with Crippen LogP contribution in [0.5, 0.6) is 0 Å². The van der Waals surface area contributed by atoms with Gasteiger partial charge in [0.05, 0.1) is 23.0 Å². The van der Waals surface area contributed by atoms with Crippen molar-refractivity contribution >= 4 is 6.09 Å². The van der Waals surface area contributed by atoms with Gasteiger partial charge in [0, 0.05) is 24.9 Å². The maximum absolute atomic E-state index is 12.4. The number of carbonyl (C=O) groups is 1. The van der Waals surface area contributed by atoms with Crippen molar-refractivity contribution < 1.29 is 14.6 Å². The van der Waals surface area contributed by atoms with E-state index < -0.39 is 5.60 Å². The number of aromatic nitrogens is 2. The Kier molecular flexibility index (Phi) is 8.17. The van der Waals surface area contributed by atoms with Crippen LogP contribution in [-0.2, 0) is 4.74 Å². The molecule has 1 saturated heterocycles. The van der Waals surface area contributed by atoms with E-state index in [2.05, 4.69) is 10.2 Å². The molecular weight excluding hydrogens is 414 g/mol. The number of hydrogen-bond acceptors (Lipinski definition) is 5. The summed E-state index contributed by atoms with van der Waals surface area (Å²) in [5.74, 6) is 0.